The van der Waals surface area contributed by atoms with Gasteiger partial charge in [0.1, 0.15) is 6.07 Å². The van der Waals surface area contributed by atoms with Gasteiger partial charge in [-0.15, -0.1) is 0 Å². The number of primary amides is 1. The Balaban J connectivity index is 4.25. The van der Waals surface area contributed by atoms with Gasteiger partial charge in [-0.3, -0.25) is 9.63 Å². The van der Waals surface area contributed by atoms with Crippen LogP contribution in [0.15, 0.2) is 5.16 Å². The maximum atomic E-state index is 10.3. The first-order valence-corrected chi connectivity index (χ1v) is 2.64. The Morgan fingerprint density at radius 2 is 2.17 bits per heavy atom. The SMILES string of the molecule is COC(=O)O/N=C(\C#N)C(N)=O. The third-order valence-electron chi connectivity index (χ3n) is 0.717. The fourth-order valence-electron chi connectivity index (χ4n) is 0.241. The second-order valence-electron chi connectivity index (χ2n) is 1.46. The summed E-state index contributed by atoms with van der Waals surface area (Å²) in [6.07, 6.45) is -1.14. The predicted octanol–water partition coefficient (Wildman–Crippen LogP) is -0.866. The number of hydrogen-bond donors (Lipinski definition) is 1. The summed E-state index contributed by atoms with van der Waals surface area (Å²) in [4.78, 5) is 24.4. The highest BCUT2D eigenvalue weighted by atomic mass is 16.8. The highest BCUT2D eigenvalue weighted by Gasteiger charge is 2.07. The van der Waals surface area contributed by atoms with Crippen LogP contribution in [0.3, 0.4) is 0 Å². The van der Waals surface area contributed by atoms with Gasteiger partial charge in [0.05, 0.1) is 7.11 Å². The Hall–Kier alpha value is -2.10. The van der Waals surface area contributed by atoms with Crippen molar-refractivity contribution in [1.82, 2.24) is 0 Å². The van der Waals surface area contributed by atoms with Crippen LogP contribution in [0.2, 0.25) is 0 Å². The van der Waals surface area contributed by atoms with E-state index in [2.05, 4.69) is 20.5 Å². The van der Waals surface area contributed by atoms with Gasteiger partial charge < -0.3 is 10.5 Å². The number of amides is 1. The van der Waals surface area contributed by atoms with Crippen LogP contribution in [-0.2, 0) is 14.4 Å². The van der Waals surface area contributed by atoms with Gasteiger partial charge in [0.15, 0.2) is 0 Å². The molecule has 0 heterocycles. The van der Waals surface area contributed by atoms with Crippen LogP contribution in [0.1, 0.15) is 0 Å². The normalized spacial score (nSPS) is 9.83. The van der Waals surface area contributed by atoms with Gasteiger partial charge in [0.25, 0.3) is 5.91 Å². The number of rotatable bonds is 2. The number of nitrogens with two attached hydrogens (primary N) is 1. The van der Waals surface area contributed by atoms with E-state index in [0.29, 0.717) is 0 Å². The molecule has 0 aromatic heterocycles. The zero-order chi connectivity index (χ0) is 9.56. The average molecular weight is 171 g/mol. The lowest BCUT2D eigenvalue weighted by molar-refractivity contribution is -0.112. The van der Waals surface area contributed by atoms with Crippen molar-refractivity contribution in [1.29, 1.82) is 5.26 Å². The Labute approximate surface area is 67.3 Å². The molecule has 0 radical (unpaired) electrons. The second-order valence-corrected chi connectivity index (χ2v) is 1.46. The van der Waals surface area contributed by atoms with Crippen LogP contribution in [-0.4, -0.2) is 24.9 Å². The smallest absolute Gasteiger partial charge is 0.436 e. The highest BCUT2D eigenvalue weighted by molar-refractivity contribution is 6.44. The summed E-state index contributed by atoms with van der Waals surface area (Å²) in [5.74, 6) is -1.08. The standard InChI is InChI=1S/C5H5N3O4/c1-11-5(10)12-8-3(2-6)4(7)9/h1H3,(H2,7,9)/b8-3+. The molecule has 0 bridgehead atoms. The van der Waals surface area contributed by atoms with Crippen LogP contribution in [0.5, 0.6) is 0 Å². The van der Waals surface area contributed by atoms with E-state index in [9.17, 15) is 9.59 Å². The fraction of sp³-hybridized carbons (Fsp3) is 0.200. The third-order valence-corrected chi connectivity index (χ3v) is 0.717. The molecule has 0 unspecified atom stereocenters. The summed E-state index contributed by atoms with van der Waals surface area (Å²) < 4.78 is 4.00. The summed E-state index contributed by atoms with van der Waals surface area (Å²) in [6, 6.07) is 1.32. The van der Waals surface area contributed by atoms with E-state index in [1.807, 2.05) is 0 Å². The summed E-state index contributed by atoms with van der Waals surface area (Å²) in [5, 5.41) is 11.0. The van der Waals surface area contributed by atoms with E-state index in [4.69, 9.17) is 5.26 Å². The van der Waals surface area contributed by atoms with Crippen molar-refractivity contribution in [2.45, 2.75) is 0 Å². The number of methoxy groups -OCH3 is 1. The van der Waals surface area contributed by atoms with Gasteiger partial charge in [0, 0.05) is 0 Å². The lowest BCUT2D eigenvalue weighted by Crippen LogP contribution is -2.22. The Bertz CT molecular complexity index is 264. The van der Waals surface area contributed by atoms with Crippen molar-refractivity contribution < 1.29 is 19.2 Å². The van der Waals surface area contributed by atoms with Crippen LogP contribution in [0.25, 0.3) is 0 Å². The van der Waals surface area contributed by atoms with Gasteiger partial charge in [-0.05, 0) is 0 Å². The maximum absolute atomic E-state index is 10.3. The minimum absolute atomic E-state index is 0.708. The van der Waals surface area contributed by atoms with Gasteiger partial charge in [-0.2, -0.15) is 5.26 Å². The topological polar surface area (TPSA) is 115 Å². The molecule has 7 nitrogen and oxygen atoms in total. The zero-order valence-corrected chi connectivity index (χ0v) is 6.10. The Morgan fingerprint density at radius 1 is 1.58 bits per heavy atom. The number of ether oxygens (including phenoxy) is 1. The van der Waals surface area contributed by atoms with E-state index in [0.717, 1.165) is 7.11 Å². The van der Waals surface area contributed by atoms with E-state index in [1.54, 1.807) is 0 Å². The number of hydrogen-bond acceptors (Lipinski definition) is 6. The molecule has 12 heavy (non-hydrogen) atoms. The molecule has 1 amide bonds. The maximum Gasteiger partial charge on any atom is 0.534 e. The lowest BCUT2D eigenvalue weighted by atomic mass is 10.4. The van der Waals surface area contributed by atoms with Crippen molar-refractivity contribution in [3.63, 3.8) is 0 Å². The van der Waals surface area contributed by atoms with E-state index in [1.165, 1.54) is 6.07 Å². The molecule has 0 fully saturated rings. The summed E-state index contributed by atoms with van der Waals surface area (Å²) in [7, 11) is 1.05. The predicted molar refractivity (Wildman–Crippen MR) is 35.7 cm³/mol. The molecule has 0 atom stereocenters. The first-order valence-electron chi connectivity index (χ1n) is 2.64. The van der Waals surface area contributed by atoms with Gasteiger partial charge in [-0.25, -0.2) is 4.79 Å². The van der Waals surface area contributed by atoms with Crippen LogP contribution in [0.4, 0.5) is 4.79 Å². The quantitative estimate of drug-likeness (QED) is 0.251. The molecule has 0 rings (SSSR count). The van der Waals surface area contributed by atoms with Gasteiger partial charge in [-0.1, -0.05) is 5.16 Å². The van der Waals surface area contributed by atoms with Crippen molar-refractivity contribution in [3.8, 4) is 6.07 Å². The minimum Gasteiger partial charge on any atom is -0.436 e. The van der Waals surface area contributed by atoms with E-state index in [-0.39, 0.29) is 0 Å². The first kappa shape index (κ1) is 9.90. The van der Waals surface area contributed by atoms with E-state index >= 15 is 0 Å². The minimum atomic E-state index is -1.14. The van der Waals surface area contributed by atoms with Crippen LogP contribution < -0.4 is 5.73 Å². The van der Waals surface area contributed by atoms with Crippen molar-refractivity contribution in [2.75, 3.05) is 7.11 Å². The van der Waals surface area contributed by atoms with Crippen molar-refractivity contribution in [2.24, 2.45) is 10.9 Å². The second kappa shape index (κ2) is 4.68. The first-order chi connectivity index (χ1) is 5.61. The summed E-state index contributed by atoms with van der Waals surface area (Å²) >= 11 is 0. The largest absolute Gasteiger partial charge is 0.534 e. The number of carbonyl (C=O) groups is 2. The molecule has 2 N–H and O–H groups in total. The molecule has 0 saturated carbocycles. The molecule has 0 saturated heterocycles. The van der Waals surface area contributed by atoms with E-state index < -0.39 is 17.8 Å². The van der Waals surface area contributed by atoms with Crippen molar-refractivity contribution in [3.05, 3.63) is 0 Å². The molecule has 64 valence electrons. The summed E-state index contributed by atoms with van der Waals surface area (Å²) in [6.45, 7) is 0. The molecule has 0 spiro atoms. The molecule has 0 aliphatic rings. The highest BCUT2D eigenvalue weighted by Crippen LogP contribution is 1.84. The number of nitriles is 1. The van der Waals surface area contributed by atoms with Crippen molar-refractivity contribution >= 4 is 17.8 Å². The van der Waals surface area contributed by atoms with Crippen LogP contribution >= 0.6 is 0 Å². The summed E-state index contributed by atoms with van der Waals surface area (Å²) in [5.41, 5.74) is 3.94. The molecule has 0 aromatic rings. The third kappa shape index (κ3) is 3.17. The number of nitrogens with zero attached hydrogens (tertiary/aromatic N) is 2. The molecular formula is C5H5N3O4. The number of carbonyl (C=O) groups excluding carboxylic acids is 2. The van der Waals surface area contributed by atoms with Gasteiger partial charge >= 0.3 is 6.16 Å². The van der Waals surface area contributed by atoms with Gasteiger partial charge in [0.2, 0.25) is 5.71 Å². The molecular weight excluding hydrogens is 166 g/mol. The Kier molecular flexibility index (Phi) is 3.86. The number of oxime groups is 1. The fourth-order valence-corrected chi connectivity index (χ4v) is 0.241. The average Bonchev–Trinajstić information content (AvgIpc) is 2.04. The zero-order valence-electron chi connectivity index (χ0n) is 6.10. The monoisotopic (exact) mass is 171 g/mol. The molecule has 0 aromatic carbocycles. The molecule has 0 aliphatic heterocycles. The lowest BCUT2D eigenvalue weighted by Gasteiger charge is -1.92. The molecule has 0 aliphatic carbocycles. The molecule has 7 heteroatoms. The van der Waals surface area contributed by atoms with Crippen LogP contribution in [0, 0.1) is 11.3 Å². The Morgan fingerprint density at radius 3 is 2.50 bits per heavy atom.